The highest BCUT2D eigenvalue weighted by Gasteiger charge is 2.23. The molecule has 0 saturated carbocycles. The zero-order valence-corrected chi connectivity index (χ0v) is 31.0. The summed E-state index contributed by atoms with van der Waals surface area (Å²) in [7, 11) is 1.26. The second kappa shape index (κ2) is 29.4. The van der Waals surface area contributed by atoms with E-state index in [9.17, 15) is 19.4 Å². The predicted octanol–water partition coefficient (Wildman–Crippen LogP) is 8.61. The minimum Gasteiger partial charge on any atom is -0.756 e. The van der Waals surface area contributed by atoms with Crippen molar-refractivity contribution in [2.24, 2.45) is 0 Å². The molecule has 0 radical (unpaired) electrons. The summed E-state index contributed by atoms with van der Waals surface area (Å²) in [6.45, 7) is 4.61. The molecule has 8 nitrogen and oxygen atoms in total. The number of phosphoric ester groups is 1. The van der Waals surface area contributed by atoms with Crippen LogP contribution in [-0.4, -0.2) is 68.5 Å². The van der Waals surface area contributed by atoms with Gasteiger partial charge in [0.25, 0.3) is 7.82 Å². The van der Waals surface area contributed by atoms with Gasteiger partial charge in [-0.1, -0.05) is 148 Å². The lowest BCUT2D eigenvalue weighted by Crippen LogP contribution is -2.45. The Hall–Kier alpha value is -0.760. The Bertz CT molecular complexity index is 758. The number of phosphoric acid groups is 1. The summed E-state index contributed by atoms with van der Waals surface area (Å²) < 4.78 is 23.0. The summed E-state index contributed by atoms with van der Waals surface area (Å²) in [4.78, 5) is 25.1. The number of hydrogen-bond acceptors (Lipinski definition) is 6. The zero-order valence-electron chi connectivity index (χ0n) is 30.1. The molecule has 0 saturated heterocycles. The topological polar surface area (TPSA) is 108 Å². The maximum atomic E-state index is 12.7. The van der Waals surface area contributed by atoms with Gasteiger partial charge >= 0.3 is 0 Å². The van der Waals surface area contributed by atoms with Crippen LogP contribution in [0.5, 0.6) is 0 Å². The van der Waals surface area contributed by atoms with Gasteiger partial charge in [0.2, 0.25) is 5.91 Å². The molecule has 2 N–H and O–H groups in total. The number of nitrogens with zero attached hydrogens (tertiary/aromatic N) is 1. The van der Waals surface area contributed by atoms with Crippen molar-refractivity contribution < 1.29 is 32.9 Å². The number of nitrogens with one attached hydrogen (secondary N) is 1. The van der Waals surface area contributed by atoms with Crippen LogP contribution in [0.2, 0.25) is 0 Å². The summed E-state index contributed by atoms with van der Waals surface area (Å²) in [6.07, 6.45) is 29.6. The fourth-order valence-electron chi connectivity index (χ4n) is 5.21. The van der Waals surface area contributed by atoms with Gasteiger partial charge < -0.3 is 28.8 Å². The van der Waals surface area contributed by atoms with Crippen LogP contribution >= 0.6 is 7.82 Å². The maximum absolute atomic E-state index is 12.7. The third-order valence-electron chi connectivity index (χ3n) is 8.25. The van der Waals surface area contributed by atoms with E-state index in [1.807, 2.05) is 27.2 Å². The summed E-state index contributed by atoms with van der Waals surface area (Å²) in [5.74, 6) is -0.200. The van der Waals surface area contributed by atoms with Crippen LogP contribution in [0, 0.1) is 0 Å². The highest BCUT2D eigenvalue weighted by molar-refractivity contribution is 7.45. The van der Waals surface area contributed by atoms with Crippen LogP contribution in [0.1, 0.15) is 162 Å². The third kappa shape index (κ3) is 31.6. The average molecular weight is 661 g/mol. The van der Waals surface area contributed by atoms with Crippen LogP contribution < -0.4 is 10.2 Å². The van der Waals surface area contributed by atoms with Crippen molar-refractivity contribution in [2.45, 2.75) is 174 Å². The van der Waals surface area contributed by atoms with Gasteiger partial charge in [-0.15, -0.1) is 0 Å². The van der Waals surface area contributed by atoms with E-state index in [-0.39, 0.29) is 19.1 Å². The van der Waals surface area contributed by atoms with Gasteiger partial charge in [0.1, 0.15) is 13.2 Å². The Balaban J connectivity index is 4.55. The number of aliphatic hydroxyl groups excluding tert-OH is 1. The molecule has 9 heteroatoms. The number of hydrogen-bond donors (Lipinski definition) is 2. The molecule has 3 atom stereocenters. The molecule has 268 valence electrons. The number of quaternary nitrogens is 1. The normalized spacial score (nSPS) is 14.9. The summed E-state index contributed by atoms with van der Waals surface area (Å²) in [5, 5.41) is 13.7. The summed E-state index contributed by atoms with van der Waals surface area (Å²) in [6, 6.07) is -0.876. The second-order valence-electron chi connectivity index (χ2n) is 13.9. The van der Waals surface area contributed by atoms with Crippen molar-refractivity contribution in [3.8, 4) is 0 Å². The number of allylic oxidation sites excluding steroid dienone is 1. The Labute approximate surface area is 278 Å². The number of carbonyl (C=O) groups excluding carboxylic acids is 1. The minimum atomic E-state index is -4.57. The number of carbonyl (C=O) groups is 1. The highest BCUT2D eigenvalue weighted by Crippen LogP contribution is 2.38. The minimum absolute atomic E-state index is 0.00145. The molecular formula is C36H73N2O6P. The van der Waals surface area contributed by atoms with E-state index in [0.717, 1.165) is 38.5 Å². The SMILES string of the molecule is CCCCCCCCCCC/C=C/[C@@H](O)[C@H](COP(=O)([O-])OCC[N+](C)(C)C)NC(=O)CCCCCCCCCCCCCC. The Kier molecular flexibility index (Phi) is 28.9. The van der Waals surface area contributed by atoms with Crippen LogP contribution in [-0.2, 0) is 18.4 Å². The van der Waals surface area contributed by atoms with Crippen molar-refractivity contribution in [1.29, 1.82) is 0 Å². The van der Waals surface area contributed by atoms with E-state index in [4.69, 9.17) is 9.05 Å². The van der Waals surface area contributed by atoms with Gasteiger partial charge in [-0.05, 0) is 19.3 Å². The van der Waals surface area contributed by atoms with Crippen LogP contribution in [0.3, 0.4) is 0 Å². The smallest absolute Gasteiger partial charge is 0.268 e. The van der Waals surface area contributed by atoms with Gasteiger partial charge in [-0.25, -0.2) is 0 Å². The van der Waals surface area contributed by atoms with Crippen molar-refractivity contribution >= 4 is 13.7 Å². The molecule has 0 aliphatic heterocycles. The largest absolute Gasteiger partial charge is 0.756 e. The first-order chi connectivity index (χ1) is 21.5. The highest BCUT2D eigenvalue weighted by atomic mass is 31.2. The zero-order chi connectivity index (χ0) is 33.7. The third-order valence-corrected chi connectivity index (χ3v) is 9.21. The molecule has 1 amide bonds. The summed E-state index contributed by atoms with van der Waals surface area (Å²) in [5.41, 5.74) is 0. The van der Waals surface area contributed by atoms with Crippen molar-refractivity contribution in [2.75, 3.05) is 40.9 Å². The molecule has 0 aliphatic rings. The lowest BCUT2D eigenvalue weighted by atomic mass is 10.0. The first-order valence-electron chi connectivity index (χ1n) is 18.6. The Morgan fingerprint density at radius 2 is 1.20 bits per heavy atom. The first-order valence-corrected chi connectivity index (χ1v) is 20.0. The fraction of sp³-hybridized carbons (Fsp3) is 0.917. The van der Waals surface area contributed by atoms with E-state index in [0.29, 0.717) is 17.4 Å². The lowest BCUT2D eigenvalue weighted by molar-refractivity contribution is -0.870. The fourth-order valence-corrected chi connectivity index (χ4v) is 5.93. The maximum Gasteiger partial charge on any atom is 0.268 e. The van der Waals surface area contributed by atoms with Crippen molar-refractivity contribution in [1.82, 2.24) is 5.32 Å². The number of unbranched alkanes of at least 4 members (excludes halogenated alkanes) is 20. The summed E-state index contributed by atoms with van der Waals surface area (Å²) >= 11 is 0. The average Bonchev–Trinajstić information content (AvgIpc) is 2.97. The molecule has 0 aliphatic carbocycles. The molecule has 0 heterocycles. The molecule has 45 heavy (non-hydrogen) atoms. The van der Waals surface area contributed by atoms with Crippen molar-refractivity contribution in [3.05, 3.63) is 12.2 Å². The first kappa shape index (κ1) is 44.2. The second-order valence-corrected chi connectivity index (χ2v) is 15.3. The molecular weight excluding hydrogens is 587 g/mol. The molecule has 0 aromatic rings. The Morgan fingerprint density at radius 3 is 1.67 bits per heavy atom. The number of aliphatic hydroxyl groups is 1. The molecule has 0 bridgehead atoms. The molecule has 0 fully saturated rings. The molecule has 1 unspecified atom stereocenters. The molecule has 0 aromatic heterocycles. The van der Waals surface area contributed by atoms with Gasteiger partial charge in [-0.2, -0.15) is 0 Å². The van der Waals surface area contributed by atoms with Crippen molar-refractivity contribution in [3.63, 3.8) is 0 Å². The van der Waals surface area contributed by atoms with E-state index < -0.39 is 20.0 Å². The van der Waals surface area contributed by atoms with E-state index in [1.165, 1.54) is 103 Å². The number of amides is 1. The van der Waals surface area contributed by atoms with E-state index in [2.05, 4.69) is 19.2 Å². The number of rotatable bonds is 33. The van der Waals surface area contributed by atoms with Gasteiger partial charge in [0.15, 0.2) is 0 Å². The van der Waals surface area contributed by atoms with Crippen LogP contribution in [0.4, 0.5) is 0 Å². The standard InChI is InChI=1S/C36H73N2O6P/c1-6-8-10-12-14-16-18-20-22-24-26-28-30-36(40)37-34(33-44-45(41,42)43-32-31-38(3,4)5)35(39)29-27-25-23-21-19-17-15-13-11-9-7-2/h27,29,34-35,39H,6-26,28,30-33H2,1-5H3,(H-,37,40,41,42)/b29-27+/t34-,35+/m0/s1. The molecule has 0 aromatic carbocycles. The van der Waals surface area contributed by atoms with Crippen LogP contribution in [0.25, 0.3) is 0 Å². The van der Waals surface area contributed by atoms with E-state index >= 15 is 0 Å². The monoisotopic (exact) mass is 661 g/mol. The van der Waals surface area contributed by atoms with Gasteiger partial charge in [0, 0.05) is 6.42 Å². The molecule has 0 spiro atoms. The quantitative estimate of drug-likeness (QED) is 0.0316. The number of likely N-dealkylation sites (N-methyl/N-ethyl adjacent to an activating group) is 1. The van der Waals surface area contributed by atoms with Crippen LogP contribution in [0.15, 0.2) is 12.2 Å². The van der Waals surface area contributed by atoms with E-state index in [1.54, 1.807) is 6.08 Å². The van der Waals surface area contributed by atoms with Gasteiger partial charge in [0.05, 0.1) is 39.9 Å². The Morgan fingerprint density at radius 1 is 0.756 bits per heavy atom. The van der Waals surface area contributed by atoms with Gasteiger partial charge in [-0.3, -0.25) is 9.36 Å². The molecule has 0 rings (SSSR count). The lowest BCUT2D eigenvalue weighted by Gasteiger charge is -2.29. The predicted molar refractivity (Wildman–Crippen MR) is 187 cm³/mol.